The summed E-state index contributed by atoms with van der Waals surface area (Å²) in [6, 6.07) is 51.5. The Kier molecular flexibility index (Phi) is 5.42. The molecular weight excluding hydrogens is 575 g/mol. The average molecular weight is 612 g/mol. The number of benzene rings is 6. The van der Waals surface area contributed by atoms with Crippen molar-refractivity contribution in [2.75, 3.05) is 0 Å². The Labute approximate surface area is 267 Å². The largest absolute Gasteiger partial charge is 0.309 e. The van der Waals surface area contributed by atoms with Gasteiger partial charge in [0.25, 0.3) is 0 Å². The molecule has 0 bridgehead atoms. The molecule has 0 saturated heterocycles. The fourth-order valence-corrected chi connectivity index (χ4v) is 13.0. The van der Waals surface area contributed by atoms with Gasteiger partial charge in [0.15, 0.2) is 0 Å². The van der Waals surface area contributed by atoms with Gasteiger partial charge in [0, 0.05) is 10.8 Å². The number of para-hydroxylation sites is 3. The van der Waals surface area contributed by atoms with Crippen molar-refractivity contribution in [1.82, 2.24) is 4.57 Å². The summed E-state index contributed by atoms with van der Waals surface area (Å²) < 4.78 is 2.54. The number of hydrogen-bond donors (Lipinski definition) is 0. The molecule has 1 spiro atoms. The number of hydrogen-bond acceptors (Lipinski definition) is 0. The van der Waals surface area contributed by atoms with Crippen LogP contribution in [0.2, 0.25) is 32.7 Å². The number of aromatic nitrogens is 1. The average Bonchev–Trinajstić information content (AvgIpc) is 3.40. The van der Waals surface area contributed by atoms with Crippen LogP contribution in [0.3, 0.4) is 0 Å². The fourth-order valence-electron chi connectivity index (χ4n) is 8.67. The third-order valence-corrected chi connectivity index (χ3v) is 16.5. The first-order valence-electron chi connectivity index (χ1n) is 16.2. The maximum atomic E-state index is 2.57. The Morgan fingerprint density at radius 3 is 1.96 bits per heavy atom. The summed E-state index contributed by atoms with van der Waals surface area (Å²) in [5, 5.41) is 7.23. The van der Waals surface area contributed by atoms with E-state index < -0.39 is 21.6 Å². The zero-order chi connectivity index (χ0) is 30.7. The van der Waals surface area contributed by atoms with Crippen LogP contribution in [0.25, 0.3) is 38.6 Å². The number of fused-ring (bicyclic) bond motifs is 11. The van der Waals surface area contributed by atoms with E-state index in [1.165, 1.54) is 66.1 Å². The monoisotopic (exact) mass is 611 g/mol. The van der Waals surface area contributed by atoms with Crippen molar-refractivity contribution in [3.05, 3.63) is 156 Å². The Morgan fingerprint density at radius 2 is 1.16 bits per heavy atom. The molecule has 45 heavy (non-hydrogen) atoms. The van der Waals surface area contributed by atoms with Gasteiger partial charge >= 0.3 is 0 Å². The summed E-state index contributed by atoms with van der Waals surface area (Å²) in [5.41, 5.74) is 11.7. The third kappa shape index (κ3) is 3.43. The van der Waals surface area contributed by atoms with Gasteiger partial charge in [-0.2, -0.15) is 0 Å². The van der Waals surface area contributed by atoms with E-state index in [2.05, 4.69) is 171 Å². The van der Waals surface area contributed by atoms with Gasteiger partial charge in [-0.15, -0.1) is 0 Å². The number of rotatable bonds is 2. The molecule has 0 amide bonds. The molecule has 9 rings (SSSR count). The van der Waals surface area contributed by atoms with Crippen LogP contribution in [0.5, 0.6) is 0 Å². The van der Waals surface area contributed by atoms with Gasteiger partial charge < -0.3 is 4.57 Å². The minimum Gasteiger partial charge on any atom is -0.309 e. The molecule has 0 fully saturated rings. The van der Waals surface area contributed by atoms with E-state index in [-0.39, 0.29) is 0 Å². The van der Waals surface area contributed by atoms with Crippen molar-refractivity contribution in [2.24, 2.45) is 0 Å². The summed E-state index contributed by atoms with van der Waals surface area (Å²) in [7, 11) is -3.41. The summed E-state index contributed by atoms with van der Waals surface area (Å²) >= 11 is 0. The molecular formula is C42H37NSi2. The summed E-state index contributed by atoms with van der Waals surface area (Å²) in [6.45, 7) is 12.4. The molecule has 1 unspecified atom stereocenters. The molecule has 0 aliphatic carbocycles. The smallest absolute Gasteiger partial charge is 0.113 e. The lowest BCUT2D eigenvalue weighted by molar-refractivity contribution is 0.732. The van der Waals surface area contributed by atoms with Crippen LogP contribution in [0.15, 0.2) is 133 Å². The Balaban J connectivity index is 1.45. The lowest BCUT2D eigenvalue weighted by Gasteiger charge is -2.49. The minimum absolute atomic E-state index is 0.427. The summed E-state index contributed by atoms with van der Waals surface area (Å²) in [5.74, 6) is 0. The zero-order valence-corrected chi connectivity index (χ0v) is 28.6. The summed E-state index contributed by atoms with van der Waals surface area (Å²) in [6.07, 6.45) is 0. The van der Waals surface area contributed by atoms with Crippen LogP contribution in [0, 0.1) is 0 Å². The second kappa shape index (κ2) is 9.06. The van der Waals surface area contributed by atoms with Crippen LogP contribution >= 0.6 is 0 Å². The predicted octanol–water partition coefficient (Wildman–Crippen LogP) is 8.83. The van der Waals surface area contributed by atoms with E-state index in [4.69, 9.17) is 0 Å². The van der Waals surface area contributed by atoms with Gasteiger partial charge in [0.2, 0.25) is 0 Å². The van der Waals surface area contributed by atoms with Gasteiger partial charge in [0.05, 0.1) is 30.2 Å². The molecule has 1 nitrogen and oxygen atoms in total. The second-order valence-corrected chi connectivity index (χ2v) is 24.0. The second-order valence-electron chi connectivity index (χ2n) is 14.6. The number of nitrogens with zero attached hydrogens (tertiary/aromatic N) is 1. The highest BCUT2D eigenvalue weighted by Crippen LogP contribution is 2.55. The molecule has 1 aromatic heterocycles. The SMILES string of the molecule is C[Si](C)(C)c1ccc(-c2ccc3c(c2)C2(c4ccccc4-n4c5ccccc5c5cccc2c54)c2ccccc2[Si]3(C)C)cc1. The Morgan fingerprint density at radius 1 is 0.533 bits per heavy atom. The lowest BCUT2D eigenvalue weighted by Crippen LogP contribution is -2.63. The first-order chi connectivity index (χ1) is 21.7. The van der Waals surface area contributed by atoms with Crippen molar-refractivity contribution >= 4 is 53.5 Å². The first kappa shape index (κ1) is 26.9. The molecule has 3 heteroatoms. The molecule has 218 valence electrons. The van der Waals surface area contributed by atoms with E-state index in [1.807, 2.05) is 0 Å². The molecule has 0 N–H and O–H groups in total. The van der Waals surface area contributed by atoms with E-state index in [9.17, 15) is 0 Å². The van der Waals surface area contributed by atoms with Crippen molar-refractivity contribution in [1.29, 1.82) is 0 Å². The van der Waals surface area contributed by atoms with Crippen molar-refractivity contribution < 1.29 is 0 Å². The van der Waals surface area contributed by atoms with Crippen molar-refractivity contribution in [3.8, 4) is 16.8 Å². The Hall–Kier alpha value is -4.45. The molecule has 0 saturated carbocycles. The van der Waals surface area contributed by atoms with Gasteiger partial charge in [-0.1, -0.05) is 153 Å². The highest BCUT2D eigenvalue weighted by atomic mass is 28.3. The van der Waals surface area contributed by atoms with E-state index >= 15 is 0 Å². The van der Waals surface area contributed by atoms with Gasteiger partial charge in [-0.05, 0) is 62.0 Å². The highest BCUT2D eigenvalue weighted by Gasteiger charge is 2.53. The maximum absolute atomic E-state index is 2.57. The zero-order valence-electron chi connectivity index (χ0n) is 26.6. The minimum atomic E-state index is -2.03. The molecule has 2 aliphatic heterocycles. The lowest BCUT2D eigenvalue weighted by atomic mass is 9.62. The molecule has 3 heterocycles. The summed E-state index contributed by atoms with van der Waals surface area (Å²) in [4.78, 5) is 0. The van der Waals surface area contributed by atoms with Crippen molar-refractivity contribution in [3.63, 3.8) is 0 Å². The first-order valence-corrected chi connectivity index (χ1v) is 22.7. The van der Waals surface area contributed by atoms with Gasteiger partial charge in [-0.25, -0.2) is 0 Å². The van der Waals surface area contributed by atoms with Crippen LogP contribution < -0.4 is 15.6 Å². The molecule has 2 aliphatic rings. The standard InChI is InChI=1S/C42H37NSi2/c1-44(2,3)30-24-21-28(22-25-30)29-23-26-40-36(27-29)42(34-16-8-11-20-39(34)45(40,4)5)33-15-7-10-19-38(33)43-37-18-9-6-13-31(37)32-14-12-17-35(42)41(32)43/h6-27H,1-5H3. The molecule has 7 aromatic rings. The predicted molar refractivity (Wildman–Crippen MR) is 198 cm³/mol. The van der Waals surface area contributed by atoms with Crippen molar-refractivity contribution in [2.45, 2.75) is 38.2 Å². The van der Waals surface area contributed by atoms with E-state index in [1.54, 1.807) is 10.4 Å². The van der Waals surface area contributed by atoms with Crippen LogP contribution in [0.4, 0.5) is 0 Å². The normalized spacial score (nSPS) is 17.7. The quantitative estimate of drug-likeness (QED) is 0.172. The van der Waals surface area contributed by atoms with Gasteiger partial charge in [0.1, 0.15) is 8.07 Å². The van der Waals surface area contributed by atoms with Crippen LogP contribution in [-0.2, 0) is 5.41 Å². The van der Waals surface area contributed by atoms with E-state index in [0.717, 1.165) is 0 Å². The van der Waals surface area contributed by atoms with E-state index in [0.29, 0.717) is 0 Å². The maximum Gasteiger partial charge on any atom is 0.113 e. The highest BCUT2D eigenvalue weighted by molar-refractivity contribution is 7.01. The third-order valence-electron chi connectivity index (χ3n) is 10.8. The fraction of sp³-hybridized carbons (Fsp3) is 0.143. The topological polar surface area (TPSA) is 4.93 Å². The van der Waals surface area contributed by atoms with Crippen LogP contribution in [-0.4, -0.2) is 20.7 Å². The van der Waals surface area contributed by atoms with Crippen LogP contribution in [0.1, 0.15) is 22.3 Å². The molecule has 0 radical (unpaired) electrons. The molecule has 1 atom stereocenters. The van der Waals surface area contributed by atoms with Gasteiger partial charge in [-0.3, -0.25) is 0 Å². The molecule has 6 aromatic carbocycles. The Bertz CT molecular complexity index is 2330.